The third-order valence-corrected chi connectivity index (χ3v) is 5.48. The molecule has 0 radical (unpaired) electrons. The van der Waals surface area contributed by atoms with Crippen LogP contribution in [-0.4, -0.2) is 49.2 Å². The SMILES string of the molecule is CCOC(OCC)P(=O)(OCC)[C@H](CC(N)=O)NC(=O)OC(C)(C)C. The van der Waals surface area contributed by atoms with Crippen molar-refractivity contribution < 1.29 is 32.9 Å². The van der Waals surface area contributed by atoms with Crippen LogP contribution < -0.4 is 11.1 Å². The van der Waals surface area contributed by atoms with E-state index < -0.39 is 43.2 Å². The summed E-state index contributed by atoms with van der Waals surface area (Å²) in [5.41, 5.74) is 4.48. The van der Waals surface area contributed by atoms with E-state index in [-0.39, 0.29) is 19.8 Å². The van der Waals surface area contributed by atoms with Gasteiger partial charge in [-0.2, -0.15) is 0 Å². The predicted octanol–water partition coefficient (Wildman–Crippen LogP) is 2.38. The largest absolute Gasteiger partial charge is 0.444 e. The van der Waals surface area contributed by atoms with Crippen molar-refractivity contribution >= 4 is 19.4 Å². The first kappa shape index (κ1) is 23.9. The van der Waals surface area contributed by atoms with Crippen molar-refractivity contribution in [2.45, 2.75) is 65.4 Å². The lowest BCUT2D eigenvalue weighted by molar-refractivity contribution is -0.118. The Bertz CT molecular complexity index is 473. The molecule has 0 aromatic carbocycles. The number of nitrogens with two attached hydrogens (primary N) is 1. The Kier molecular flexibility index (Phi) is 10.3. The van der Waals surface area contributed by atoms with Gasteiger partial charge in [-0.25, -0.2) is 4.79 Å². The van der Waals surface area contributed by atoms with E-state index in [0.717, 1.165) is 0 Å². The fourth-order valence-electron chi connectivity index (χ4n) is 1.94. The highest BCUT2D eigenvalue weighted by Gasteiger charge is 2.45. The van der Waals surface area contributed by atoms with Crippen molar-refractivity contribution in [1.82, 2.24) is 5.32 Å². The molecule has 0 aromatic rings. The van der Waals surface area contributed by atoms with E-state index in [1.165, 1.54) is 0 Å². The highest BCUT2D eigenvalue weighted by Crippen LogP contribution is 2.57. The summed E-state index contributed by atoms with van der Waals surface area (Å²) in [4.78, 5) is 23.5. The molecule has 2 atom stereocenters. The number of nitrogens with one attached hydrogen (secondary N) is 1. The lowest BCUT2D eigenvalue weighted by Crippen LogP contribution is -2.43. The van der Waals surface area contributed by atoms with E-state index in [2.05, 4.69) is 5.32 Å². The van der Waals surface area contributed by atoms with E-state index >= 15 is 0 Å². The summed E-state index contributed by atoms with van der Waals surface area (Å²) >= 11 is 0. The van der Waals surface area contributed by atoms with Gasteiger partial charge in [0, 0.05) is 13.2 Å². The predicted molar refractivity (Wildman–Crippen MR) is 93.2 cm³/mol. The number of amides is 2. The van der Waals surface area contributed by atoms with Gasteiger partial charge in [-0.15, -0.1) is 0 Å². The smallest absolute Gasteiger partial charge is 0.408 e. The zero-order valence-electron chi connectivity index (χ0n) is 15.9. The third-order valence-electron chi connectivity index (χ3n) is 2.76. The molecule has 1 unspecified atom stereocenters. The highest BCUT2D eigenvalue weighted by molar-refractivity contribution is 7.60. The first-order valence-electron chi connectivity index (χ1n) is 8.25. The molecule has 0 saturated heterocycles. The van der Waals surface area contributed by atoms with Crippen molar-refractivity contribution in [3.05, 3.63) is 0 Å². The van der Waals surface area contributed by atoms with Gasteiger partial charge in [-0.3, -0.25) is 9.36 Å². The lowest BCUT2D eigenvalue weighted by atomic mass is 10.2. The van der Waals surface area contributed by atoms with Gasteiger partial charge in [0.2, 0.25) is 11.9 Å². The molecule has 0 aliphatic rings. The lowest BCUT2D eigenvalue weighted by Gasteiger charge is -2.33. The van der Waals surface area contributed by atoms with Gasteiger partial charge in [0.1, 0.15) is 11.4 Å². The van der Waals surface area contributed by atoms with Crippen molar-refractivity contribution in [2.24, 2.45) is 5.73 Å². The highest BCUT2D eigenvalue weighted by atomic mass is 31.2. The molecule has 10 heteroatoms. The number of carbonyl (C=O) groups is 2. The molecule has 3 N–H and O–H groups in total. The Morgan fingerprint density at radius 1 is 1.08 bits per heavy atom. The summed E-state index contributed by atoms with van der Waals surface area (Å²) in [6.45, 7) is 10.6. The number of rotatable bonds is 11. The zero-order valence-corrected chi connectivity index (χ0v) is 16.8. The molecule has 25 heavy (non-hydrogen) atoms. The Morgan fingerprint density at radius 3 is 1.96 bits per heavy atom. The number of ether oxygens (including phenoxy) is 3. The van der Waals surface area contributed by atoms with Crippen molar-refractivity contribution in [2.75, 3.05) is 19.8 Å². The average Bonchev–Trinajstić information content (AvgIpc) is 2.44. The summed E-state index contributed by atoms with van der Waals surface area (Å²) in [6, 6.07) is -1.23. The molecule has 0 fully saturated rings. The number of alkyl carbamates (subject to hydrolysis) is 1. The summed E-state index contributed by atoms with van der Waals surface area (Å²) in [6.07, 6.45) is -1.25. The summed E-state index contributed by atoms with van der Waals surface area (Å²) in [5.74, 6) is -1.99. The molecule has 9 nitrogen and oxygen atoms in total. The molecule has 0 aromatic heterocycles. The summed E-state index contributed by atoms with van der Waals surface area (Å²) in [7, 11) is -3.80. The number of carbonyl (C=O) groups excluding carboxylic acids is 2. The van der Waals surface area contributed by atoms with Crippen molar-refractivity contribution in [1.29, 1.82) is 0 Å². The van der Waals surface area contributed by atoms with Gasteiger partial charge in [0.05, 0.1) is 13.0 Å². The van der Waals surface area contributed by atoms with Crippen LogP contribution in [0.3, 0.4) is 0 Å². The van der Waals surface area contributed by atoms with Crippen LogP contribution in [0.25, 0.3) is 0 Å². The normalized spacial score (nSPS) is 15.5. The van der Waals surface area contributed by atoms with E-state index in [1.54, 1.807) is 41.5 Å². The quantitative estimate of drug-likeness (QED) is 0.415. The molecule has 0 aliphatic heterocycles. The van der Waals surface area contributed by atoms with E-state index in [4.69, 9.17) is 24.5 Å². The van der Waals surface area contributed by atoms with Crippen LogP contribution in [0.4, 0.5) is 4.79 Å². The van der Waals surface area contributed by atoms with Crippen LogP contribution in [-0.2, 0) is 28.1 Å². The van der Waals surface area contributed by atoms with Gasteiger partial charge in [-0.1, -0.05) is 0 Å². The fraction of sp³-hybridized carbons (Fsp3) is 0.867. The van der Waals surface area contributed by atoms with Gasteiger partial charge < -0.3 is 29.8 Å². The van der Waals surface area contributed by atoms with Gasteiger partial charge in [0.15, 0.2) is 0 Å². The molecule has 2 amide bonds. The van der Waals surface area contributed by atoms with Crippen LogP contribution in [0.2, 0.25) is 0 Å². The third kappa shape index (κ3) is 8.67. The second-order valence-electron chi connectivity index (χ2n) is 6.11. The Morgan fingerprint density at radius 2 is 1.60 bits per heavy atom. The summed E-state index contributed by atoms with van der Waals surface area (Å²) < 4.78 is 34.8. The number of hydrogen-bond acceptors (Lipinski definition) is 7. The van der Waals surface area contributed by atoms with Gasteiger partial charge in [0.25, 0.3) is 7.37 Å². The first-order valence-corrected chi connectivity index (χ1v) is 10.0. The van der Waals surface area contributed by atoms with Crippen molar-refractivity contribution in [3.8, 4) is 0 Å². The van der Waals surface area contributed by atoms with Crippen LogP contribution in [0.5, 0.6) is 0 Å². The van der Waals surface area contributed by atoms with E-state index in [0.29, 0.717) is 0 Å². The van der Waals surface area contributed by atoms with Crippen molar-refractivity contribution in [3.63, 3.8) is 0 Å². The van der Waals surface area contributed by atoms with Crippen LogP contribution in [0.1, 0.15) is 48.0 Å². The Hall–Kier alpha value is -1.15. The number of primary amides is 1. The molecule has 0 bridgehead atoms. The standard InChI is InChI=1S/C15H31N2O7P/c1-7-21-14(22-8-2)25(20,23-9-3)12(10-11(16)18)17-13(19)24-15(4,5)6/h12,14H,7-10H2,1-6H3,(H2,16,18)(H,17,19)/t12-,25?/m1/s1. The average molecular weight is 382 g/mol. The number of hydrogen-bond donors (Lipinski definition) is 2. The van der Waals surface area contributed by atoms with E-state index in [1.807, 2.05) is 0 Å². The van der Waals surface area contributed by atoms with Crippen LogP contribution in [0.15, 0.2) is 0 Å². The first-order chi connectivity index (χ1) is 11.5. The monoisotopic (exact) mass is 382 g/mol. The molecule has 0 spiro atoms. The molecule has 0 heterocycles. The zero-order chi connectivity index (χ0) is 19.7. The van der Waals surface area contributed by atoms with Gasteiger partial charge in [-0.05, 0) is 41.5 Å². The molecule has 0 saturated carbocycles. The van der Waals surface area contributed by atoms with Crippen LogP contribution in [0, 0.1) is 0 Å². The maximum absolute atomic E-state index is 13.5. The fourth-order valence-corrected chi connectivity index (χ4v) is 4.38. The minimum atomic E-state index is -3.80. The van der Waals surface area contributed by atoms with Crippen LogP contribution >= 0.6 is 7.37 Å². The molecule has 148 valence electrons. The maximum atomic E-state index is 13.5. The second-order valence-corrected chi connectivity index (χ2v) is 8.71. The van der Waals surface area contributed by atoms with E-state index in [9.17, 15) is 14.2 Å². The maximum Gasteiger partial charge on any atom is 0.408 e. The minimum absolute atomic E-state index is 0.0686. The second kappa shape index (κ2) is 10.8. The summed E-state index contributed by atoms with van der Waals surface area (Å²) in [5, 5.41) is 2.42. The molecular formula is C15H31N2O7P. The molecule has 0 aliphatic carbocycles. The Balaban J connectivity index is 5.65. The van der Waals surface area contributed by atoms with Gasteiger partial charge >= 0.3 is 6.09 Å². The molecule has 0 rings (SSSR count). The molecular weight excluding hydrogens is 351 g/mol. The topological polar surface area (TPSA) is 126 Å². The Labute approximate surface area is 149 Å². The minimum Gasteiger partial charge on any atom is -0.444 e.